The molecule has 0 aliphatic carbocycles. The minimum atomic E-state index is 0.201. The molecule has 1 aromatic carbocycles. The van der Waals surface area contributed by atoms with Crippen LogP contribution in [0.1, 0.15) is 34.4 Å². The molecule has 0 N–H and O–H groups in total. The zero-order chi connectivity index (χ0) is 16.4. The predicted molar refractivity (Wildman–Crippen MR) is 91.2 cm³/mol. The number of aromatic nitrogens is 3. The van der Waals surface area contributed by atoms with E-state index in [1.807, 2.05) is 44.3 Å². The molecule has 0 fully saturated rings. The van der Waals surface area contributed by atoms with Crippen molar-refractivity contribution in [3.63, 3.8) is 0 Å². The van der Waals surface area contributed by atoms with Crippen molar-refractivity contribution in [3.05, 3.63) is 51.8 Å². The van der Waals surface area contributed by atoms with Gasteiger partial charge in [0, 0.05) is 10.4 Å². The molecule has 0 aliphatic rings. The summed E-state index contributed by atoms with van der Waals surface area (Å²) >= 11 is 1.73. The van der Waals surface area contributed by atoms with Crippen molar-refractivity contribution in [1.82, 2.24) is 20.1 Å². The highest BCUT2D eigenvalue weighted by atomic mass is 32.1. The van der Waals surface area contributed by atoms with Crippen LogP contribution in [0.3, 0.4) is 0 Å². The molecule has 1 atom stereocenters. The molecular formula is C17H20N4OS. The van der Waals surface area contributed by atoms with Crippen molar-refractivity contribution >= 4 is 11.3 Å². The van der Waals surface area contributed by atoms with Gasteiger partial charge in [0.25, 0.3) is 0 Å². The maximum absolute atomic E-state index is 5.78. The number of benzene rings is 1. The van der Waals surface area contributed by atoms with Crippen molar-refractivity contribution in [2.75, 3.05) is 7.05 Å². The summed E-state index contributed by atoms with van der Waals surface area (Å²) < 4.78 is 5.78. The summed E-state index contributed by atoms with van der Waals surface area (Å²) in [6.45, 7) is 6.90. The Balaban J connectivity index is 1.72. The van der Waals surface area contributed by atoms with Gasteiger partial charge in [-0.3, -0.25) is 4.90 Å². The maximum atomic E-state index is 5.78. The van der Waals surface area contributed by atoms with Gasteiger partial charge in [0.15, 0.2) is 0 Å². The molecule has 0 amide bonds. The number of rotatable bonds is 5. The summed E-state index contributed by atoms with van der Waals surface area (Å²) in [6, 6.07) is 10.0. The maximum Gasteiger partial charge on any atom is 0.247 e. The standard InChI is InChI=1S/C17H20N4OS/c1-11(16-12(2)23-13(3)18-16)21(4)10-15-19-20-17(22-15)14-8-6-5-7-9-14/h5-9,11H,10H2,1-4H3/t11-/m0/s1. The molecule has 0 bridgehead atoms. The lowest BCUT2D eigenvalue weighted by atomic mass is 10.2. The SMILES string of the molecule is Cc1nc([C@H](C)N(C)Cc2nnc(-c3ccccc3)o2)c(C)s1. The molecule has 120 valence electrons. The van der Waals surface area contributed by atoms with Crippen molar-refractivity contribution in [1.29, 1.82) is 0 Å². The molecule has 6 heteroatoms. The van der Waals surface area contributed by atoms with Gasteiger partial charge in [0.2, 0.25) is 11.8 Å². The highest BCUT2D eigenvalue weighted by Crippen LogP contribution is 2.27. The summed E-state index contributed by atoms with van der Waals surface area (Å²) in [5.74, 6) is 1.17. The van der Waals surface area contributed by atoms with Gasteiger partial charge in [0.1, 0.15) is 0 Å². The van der Waals surface area contributed by atoms with E-state index in [-0.39, 0.29) is 6.04 Å². The minimum Gasteiger partial charge on any atom is -0.419 e. The molecule has 5 nitrogen and oxygen atoms in total. The van der Waals surface area contributed by atoms with Crippen LogP contribution in [0.4, 0.5) is 0 Å². The smallest absolute Gasteiger partial charge is 0.247 e. The average molecular weight is 328 g/mol. The Labute approximate surface area is 140 Å². The number of hydrogen-bond acceptors (Lipinski definition) is 6. The third-order valence-corrected chi connectivity index (χ3v) is 4.77. The first kappa shape index (κ1) is 15.8. The monoisotopic (exact) mass is 328 g/mol. The second kappa shape index (κ2) is 6.60. The molecule has 3 rings (SSSR count). The van der Waals surface area contributed by atoms with Crippen LogP contribution in [0, 0.1) is 13.8 Å². The van der Waals surface area contributed by atoms with Gasteiger partial charge in [-0.15, -0.1) is 21.5 Å². The molecule has 2 heterocycles. The molecule has 0 radical (unpaired) electrons. The lowest BCUT2D eigenvalue weighted by Crippen LogP contribution is -2.23. The number of hydrogen-bond donors (Lipinski definition) is 0. The van der Waals surface area contributed by atoms with Crippen LogP contribution in [0.25, 0.3) is 11.5 Å². The molecule has 0 unspecified atom stereocenters. The predicted octanol–water partition coefficient (Wildman–Crippen LogP) is 4.00. The first-order chi connectivity index (χ1) is 11.0. The van der Waals surface area contributed by atoms with E-state index >= 15 is 0 Å². The highest BCUT2D eigenvalue weighted by Gasteiger charge is 2.20. The Morgan fingerprint density at radius 2 is 1.91 bits per heavy atom. The van der Waals surface area contributed by atoms with E-state index in [1.165, 1.54) is 4.88 Å². The molecule has 0 saturated carbocycles. The van der Waals surface area contributed by atoms with Crippen LogP contribution in [0.5, 0.6) is 0 Å². The lowest BCUT2D eigenvalue weighted by molar-refractivity contribution is 0.225. The Kier molecular flexibility index (Phi) is 4.54. The summed E-state index contributed by atoms with van der Waals surface area (Å²) in [5, 5.41) is 9.40. The second-order valence-corrected chi connectivity index (χ2v) is 7.04. The van der Waals surface area contributed by atoms with E-state index in [0.717, 1.165) is 16.3 Å². The average Bonchev–Trinajstić information content (AvgIpc) is 3.13. The van der Waals surface area contributed by atoms with Gasteiger partial charge in [0.05, 0.1) is 23.3 Å². The summed E-state index contributed by atoms with van der Waals surface area (Å²) in [6.07, 6.45) is 0. The molecule has 23 heavy (non-hydrogen) atoms. The summed E-state index contributed by atoms with van der Waals surface area (Å²) in [7, 11) is 2.05. The molecular weight excluding hydrogens is 308 g/mol. The quantitative estimate of drug-likeness (QED) is 0.708. The van der Waals surface area contributed by atoms with Crippen LogP contribution in [-0.2, 0) is 6.54 Å². The van der Waals surface area contributed by atoms with Gasteiger partial charge < -0.3 is 4.42 Å². The van der Waals surface area contributed by atoms with E-state index < -0.39 is 0 Å². The number of nitrogens with zero attached hydrogens (tertiary/aromatic N) is 4. The zero-order valence-corrected chi connectivity index (χ0v) is 14.6. The van der Waals surface area contributed by atoms with E-state index in [1.54, 1.807) is 11.3 Å². The van der Waals surface area contributed by atoms with Gasteiger partial charge in [-0.25, -0.2) is 4.98 Å². The minimum absolute atomic E-state index is 0.201. The first-order valence-corrected chi connectivity index (χ1v) is 8.38. The first-order valence-electron chi connectivity index (χ1n) is 7.56. The van der Waals surface area contributed by atoms with Gasteiger partial charge in [-0.1, -0.05) is 18.2 Å². The highest BCUT2D eigenvalue weighted by molar-refractivity contribution is 7.11. The number of aryl methyl sites for hydroxylation is 2. The van der Waals surface area contributed by atoms with Crippen molar-refractivity contribution in [2.24, 2.45) is 0 Å². The third-order valence-electron chi connectivity index (χ3n) is 3.87. The summed E-state index contributed by atoms with van der Waals surface area (Å²) in [4.78, 5) is 8.07. The Bertz CT molecular complexity index is 781. The molecule has 2 aromatic heterocycles. The van der Waals surface area contributed by atoms with Crippen LogP contribution in [-0.4, -0.2) is 27.1 Å². The van der Waals surface area contributed by atoms with Crippen molar-refractivity contribution < 1.29 is 4.42 Å². The topological polar surface area (TPSA) is 55.1 Å². The molecule has 0 aliphatic heterocycles. The second-order valence-electron chi connectivity index (χ2n) is 5.63. The fraction of sp³-hybridized carbons (Fsp3) is 0.353. The van der Waals surface area contributed by atoms with Crippen molar-refractivity contribution in [3.8, 4) is 11.5 Å². The Hall–Kier alpha value is -2.05. The van der Waals surface area contributed by atoms with Crippen LogP contribution in [0.2, 0.25) is 0 Å². The Morgan fingerprint density at radius 1 is 1.17 bits per heavy atom. The van der Waals surface area contributed by atoms with E-state index in [4.69, 9.17) is 4.42 Å². The fourth-order valence-electron chi connectivity index (χ4n) is 2.51. The number of thiazole rings is 1. The van der Waals surface area contributed by atoms with Gasteiger partial charge >= 0.3 is 0 Å². The van der Waals surface area contributed by atoms with Crippen LogP contribution in [0.15, 0.2) is 34.7 Å². The molecule has 0 spiro atoms. The molecule has 0 saturated heterocycles. The van der Waals surface area contributed by atoms with Crippen LogP contribution < -0.4 is 0 Å². The van der Waals surface area contributed by atoms with E-state index in [9.17, 15) is 0 Å². The van der Waals surface area contributed by atoms with Gasteiger partial charge in [-0.2, -0.15) is 0 Å². The third kappa shape index (κ3) is 3.48. The van der Waals surface area contributed by atoms with Gasteiger partial charge in [-0.05, 0) is 40.0 Å². The van der Waals surface area contributed by atoms with Crippen LogP contribution >= 0.6 is 11.3 Å². The van der Waals surface area contributed by atoms with Crippen molar-refractivity contribution in [2.45, 2.75) is 33.4 Å². The van der Waals surface area contributed by atoms with E-state index in [0.29, 0.717) is 18.3 Å². The normalized spacial score (nSPS) is 12.7. The van der Waals surface area contributed by atoms with E-state index in [2.05, 4.69) is 33.9 Å². The zero-order valence-electron chi connectivity index (χ0n) is 13.8. The summed E-state index contributed by atoms with van der Waals surface area (Å²) in [5.41, 5.74) is 2.06. The fourth-order valence-corrected chi connectivity index (χ4v) is 3.41. The largest absolute Gasteiger partial charge is 0.419 e. The molecule has 3 aromatic rings. The Morgan fingerprint density at radius 3 is 2.57 bits per heavy atom. The lowest BCUT2D eigenvalue weighted by Gasteiger charge is -2.22.